The maximum absolute atomic E-state index is 5.41. The SMILES string of the molecule is COc1nc(C)cc(C)c1CNc1ccccc1-n1cnnn1. The smallest absolute Gasteiger partial charge is 0.218 e. The molecule has 2 heterocycles. The molecule has 0 bridgehead atoms. The van der Waals surface area contributed by atoms with E-state index < -0.39 is 0 Å². The molecule has 0 spiro atoms. The van der Waals surface area contributed by atoms with E-state index in [1.807, 2.05) is 37.3 Å². The van der Waals surface area contributed by atoms with E-state index in [0.717, 1.165) is 28.2 Å². The summed E-state index contributed by atoms with van der Waals surface area (Å²) in [7, 11) is 1.64. The molecule has 3 aromatic rings. The Morgan fingerprint density at radius 1 is 1.22 bits per heavy atom. The van der Waals surface area contributed by atoms with Crippen LogP contribution in [0, 0.1) is 13.8 Å². The van der Waals surface area contributed by atoms with Gasteiger partial charge in [-0.05, 0) is 48.0 Å². The van der Waals surface area contributed by atoms with Gasteiger partial charge in [0.2, 0.25) is 5.88 Å². The van der Waals surface area contributed by atoms with Gasteiger partial charge in [0, 0.05) is 17.8 Å². The third-order valence-corrected chi connectivity index (χ3v) is 3.59. The first-order valence-electron chi connectivity index (χ1n) is 7.26. The van der Waals surface area contributed by atoms with Crippen molar-refractivity contribution in [3.63, 3.8) is 0 Å². The van der Waals surface area contributed by atoms with Crippen LogP contribution in [0.15, 0.2) is 36.7 Å². The van der Waals surface area contributed by atoms with Gasteiger partial charge >= 0.3 is 0 Å². The van der Waals surface area contributed by atoms with Crippen LogP contribution in [0.4, 0.5) is 5.69 Å². The summed E-state index contributed by atoms with van der Waals surface area (Å²) in [6, 6.07) is 9.90. The van der Waals surface area contributed by atoms with Crippen molar-refractivity contribution in [2.24, 2.45) is 0 Å². The lowest BCUT2D eigenvalue weighted by molar-refractivity contribution is 0.391. The fourth-order valence-electron chi connectivity index (χ4n) is 2.49. The van der Waals surface area contributed by atoms with Crippen LogP contribution in [0.2, 0.25) is 0 Å². The van der Waals surface area contributed by atoms with Gasteiger partial charge in [-0.15, -0.1) is 5.10 Å². The number of methoxy groups -OCH3 is 1. The molecule has 0 aliphatic carbocycles. The maximum Gasteiger partial charge on any atom is 0.218 e. The van der Waals surface area contributed by atoms with Gasteiger partial charge in [0.1, 0.15) is 6.33 Å². The lowest BCUT2D eigenvalue weighted by Crippen LogP contribution is -2.08. The predicted octanol–water partition coefficient (Wildman–Crippen LogP) is 2.29. The van der Waals surface area contributed by atoms with Gasteiger partial charge in [0.05, 0.1) is 18.5 Å². The lowest BCUT2D eigenvalue weighted by Gasteiger charge is -2.15. The fraction of sp³-hybridized carbons (Fsp3) is 0.250. The highest BCUT2D eigenvalue weighted by atomic mass is 16.5. The van der Waals surface area contributed by atoms with E-state index in [9.17, 15) is 0 Å². The molecular formula is C16H18N6O. The van der Waals surface area contributed by atoms with Crippen LogP contribution in [0.3, 0.4) is 0 Å². The Kier molecular flexibility index (Phi) is 4.18. The summed E-state index contributed by atoms with van der Waals surface area (Å²) < 4.78 is 7.03. The molecule has 0 aliphatic rings. The minimum absolute atomic E-state index is 0.599. The van der Waals surface area contributed by atoms with Gasteiger partial charge in [-0.3, -0.25) is 0 Å². The second-order valence-electron chi connectivity index (χ2n) is 5.19. The molecule has 0 radical (unpaired) electrons. The van der Waals surface area contributed by atoms with E-state index in [4.69, 9.17) is 4.74 Å². The third-order valence-electron chi connectivity index (χ3n) is 3.59. The maximum atomic E-state index is 5.41. The molecule has 3 rings (SSSR count). The number of nitrogens with zero attached hydrogens (tertiary/aromatic N) is 5. The standard InChI is InChI=1S/C16H18N6O/c1-11-8-12(2)19-16(23-3)13(11)9-17-14-6-4-5-7-15(14)22-10-18-20-21-22/h4-8,10,17H,9H2,1-3H3. The third kappa shape index (κ3) is 3.13. The Hall–Kier alpha value is -2.96. The van der Waals surface area contributed by atoms with Gasteiger partial charge in [-0.2, -0.15) is 4.68 Å². The molecule has 118 valence electrons. The van der Waals surface area contributed by atoms with Gasteiger partial charge in [0.15, 0.2) is 0 Å². The Balaban J connectivity index is 1.88. The summed E-state index contributed by atoms with van der Waals surface area (Å²) in [6.45, 7) is 4.61. The summed E-state index contributed by atoms with van der Waals surface area (Å²) in [5, 5.41) is 14.7. The Morgan fingerprint density at radius 2 is 2.04 bits per heavy atom. The van der Waals surface area contributed by atoms with Crippen molar-refractivity contribution in [2.75, 3.05) is 12.4 Å². The monoisotopic (exact) mass is 310 g/mol. The minimum Gasteiger partial charge on any atom is -0.481 e. The number of aromatic nitrogens is 5. The number of hydrogen-bond donors (Lipinski definition) is 1. The average Bonchev–Trinajstić information content (AvgIpc) is 3.08. The quantitative estimate of drug-likeness (QED) is 0.779. The van der Waals surface area contributed by atoms with E-state index in [2.05, 4.69) is 32.7 Å². The Morgan fingerprint density at radius 3 is 2.78 bits per heavy atom. The van der Waals surface area contributed by atoms with Crippen LogP contribution in [-0.2, 0) is 6.54 Å². The average molecular weight is 310 g/mol. The number of benzene rings is 1. The van der Waals surface area contributed by atoms with Crippen molar-refractivity contribution in [1.29, 1.82) is 0 Å². The van der Waals surface area contributed by atoms with Crippen molar-refractivity contribution in [3.05, 3.63) is 53.5 Å². The second-order valence-corrected chi connectivity index (χ2v) is 5.19. The molecule has 0 aliphatic heterocycles. The van der Waals surface area contributed by atoms with Gasteiger partial charge < -0.3 is 10.1 Å². The molecule has 0 saturated carbocycles. The Labute approximate surface area is 134 Å². The molecule has 1 N–H and O–H groups in total. The number of rotatable bonds is 5. The highest BCUT2D eigenvalue weighted by Gasteiger charge is 2.11. The zero-order valence-electron chi connectivity index (χ0n) is 13.3. The van der Waals surface area contributed by atoms with E-state index in [1.54, 1.807) is 18.1 Å². The van der Waals surface area contributed by atoms with Crippen molar-refractivity contribution in [2.45, 2.75) is 20.4 Å². The highest BCUT2D eigenvalue weighted by Crippen LogP contribution is 2.24. The number of nitrogens with one attached hydrogen (secondary N) is 1. The second kappa shape index (κ2) is 6.43. The molecule has 0 saturated heterocycles. The molecule has 0 fully saturated rings. The first kappa shape index (κ1) is 15.0. The lowest BCUT2D eigenvalue weighted by atomic mass is 10.1. The summed E-state index contributed by atoms with van der Waals surface area (Å²) in [4.78, 5) is 4.44. The van der Waals surface area contributed by atoms with Crippen LogP contribution < -0.4 is 10.1 Å². The number of ether oxygens (including phenoxy) is 1. The summed E-state index contributed by atoms with van der Waals surface area (Å²) in [5.41, 5.74) is 4.93. The summed E-state index contributed by atoms with van der Waals surface area (Å²) >= 11 is 0. The molecule has 0 atom stereocenters. The van der Waals surface area contributed by atoms with Crippen molar-refractivity contribution >= 4 is 5.69 Å². The first-order chi connectivity index (χ1) is 11.2. The fourth-order valence-corrected chi connectivity index (χ4v) is 2.49. The van der Waals surface area contributed by atoms with Crippen LogP contribution in [0.5, 0.6) is 5.88 Å². The van der Waals surface area contributed by atoms with Crippen LogP contribution in [0.25, 0.3) is 5.69 Å². The van der Waals surface area contributed by atoms with E-state index >= 15 is 0 Å². The number of tetrazole rings is 1. The molecular weight excluding hydrogens is 292 g/mol. The van der Waals surface area contributed by atoms with Crippen molar-refractivity contribution in [3.8, 4) is 11.6 Å². The first-order valence-corrected chi connectivity index (χ1v) is 7.26. The molecule has 7 nitrogen and oxygen atoms in total. The van der Waals surface area contributed by atoms with Crippen LogP contribution in [-0.4, -0.2) is 32.3 Å². The largest absolute Gasteiger partial charge is 0.481 e. The highest BCUT2D eigenvalue weighted by molar-refractivity contribution is 5.60. The van der Waals surface area contributed by atoms with Gasteiger partial charge in [0.25, 0.3) is 0 Å². The number of aryl methyl sites for hydroxylation is 2. The minimum atomic E-state index is 0.599. The van der Waals surface area contributed by atoms with Crippen molar-refractivity contribution < 1.29 is 4.74 Å². The number of para-hydroxylation sites is 2. The number of pyridine rings is 1. The number of hydrogen-bond acceptors (Lipinski definition) is 6. The van der Waals surface area contributed by atoms with E-state index in [1.165, 1.54) is 0 Å². The summed E-state index contributed by atoms with van der Waals surface area (Å²) in [5.74, 6) is 0.648. The van der Waals surface area contributed by atoms with E-state index in [0.29, 0.717) is 12.4 Å². The topological polar surface area (TPSA) is 77.8 Å². The van der Waals surface area contributed by atoms with Crippen LogP contribution >= 0.6 is 0 Å². The molecule has 1 aromatic carbocycles. The van der Waals surface area contributed by atoms with Crippen LogP contribution in [0.1, 0.15) is 16.8 Å². The Bertz CT molecular complexity index is 800. The molecule has 23 heavy (non-hydrogen) atoms. The molecule has 0 amide bonds. The zero-order chi connectivity index (χ0) is 16.2. The molecule has 7 heteroatoms. The predicted molar refractivity (Wildman–Crippen MR) is 86.7 cm³/mol. The molecule has 0 unspecified atom stereocenters. The number of anilines is 1. The molecule has 2 aromatic heterocycles. The summed E-state index contributed by atoms with van der Waals surface area (Å²) in [6.07, 6.45) is 1.57. The normalized spacial score (nSPS) is 10.6. The van der Waals surface area contributed by atoms with Gasteiger partial charge in [-0.1, -0.05) is 12.1 Å². The van der Waals surface area contributed by atoms with Gasteiger partial charge in [-0.25, -0.2) is 4.98 Å². The van der Waals surface area contributed by atoms with E-state index in [-0.39, 0.29) is 0 Å². The van der Waals surface area contributed by atoms with Crippen molar-refractivity contribution in [1.82, 2.24) is 25.2 Å². The zero-order valence-corrected chi connectivity index (χ0v) is 13.3.